The summed E-state index contributed by atoms with van der Waals surface area (Å²) in [6.07, 6.45) is 3.67. The molecule has 114 valence electrons. The predicted octanol–water partition coefficient (Wildman–Crippen LogP) is 3.00. The average Bonchev–Trinajstić information content (AvgIpc) is 3.24. The molecule has 0 saturated heterocycles. The first-order valence-electron chi connectivity index (χ1n) is 7.02. The number of aromatic amines is 3. The van der Waals surface area contributed by atoms with E-state index in [4.69, 9.17) is 12.2 Å². The van der Waals surface area contributed by atoms with Crippen LogP contribution >= 0.6 is 12.2 Å². The fourth-order valence-corrected chi connectivity index (χ4v) is 2.60. The maximum Gasteiger partial charge on any atom is 0.216 e. The second kappa shape index (κ2) is 5.33. The zero-order chi connectivity index (χ0) is 15.8. The van der Waals surface area contributed by atoms with Crippen molar-refractivity contribution in [2.45, 2.75) is 6.92 Å². The molecule has 0 bridgehead atoms. The highest BCUT2D eigenvalue weighted by molar-refractivity contribution is 7.71. The fourth-order valence-electron chi connectivity index (χ4n) is 2.42. The third kappa shape index (κ3) is 2.38. The third-order valence-electron chi connectivity index (χ3n) is 3.52. The highest BCUT2D eigenvalue weighted by atomic mass is 32.1. The number of aromatic nitrogens is 6. The molecule has 0 spiro atoms. The first kappa shape index (κ1) is 13.6. The number of rotatable bonds is 3. The van der Waals surface area contributed by atoms with Gasteiger partial charge in [0.25, 0.3) is 0 Å². The van der Waals surface area contributed by atoms with E-state index in [9.17, 15) is 0 Å². The summed E-state index contributed by atoms with van der Waals surface area (Å²) in [7, 11) is 0. The molecule has 0 amide bonds. The molecule has 0 atom stereocenters. The van der Waals surface area contributed by atoms with Crippen molar-refractivity contribution in [3.8, 4) is 11.5 Å². The molecule has 4 aromatic rings. The molecule has 0 saturated carbocycles. The summed E-state index contributed by atoms with van der Waals surface area (Å²) in [6, 6.07) is 9.94. The van der Waals surface area contributed by atoms with Crippen molar-refractivity contribution in [2.75, 3.05) is 0 Å². The minimum atomic E-state index is 0.414. The molecular formula is C15H13N7S. The minimum absolute atomic E-state index is 0.414. The normalized spacial score (nSPS) is 11.7. The van der Waals surface area contributed by atoms with E-state index in [0.717, 1.165) is 22.2 Å². The molecule has 3 aromatic heterocycles. The summed E-state index contributed by atoms with van der Waals surface area (Å²) in [5.41, 5.74) is 3.67. The predicted molar refractivity (Wildman–Crippen MR) is 91.0 cm³/mol. The van der Waals surface area contributed by atoms with E-state index < -0.39 is 0 Å². The summed E-state index contributed by atoms with van der Waals surface area (Å²) in [5, 5.41) is 19.6. The second-order valence-corrected chi connectivity index (χ2v) is 5.52. The first-order valence-corrected chi connectivity index (χ1v) is 7.43. The number of fused-ring (bicyclic) bond motifs is 1. The molecule has 23 heavy (non-hydrogen) atoms. The molecular weight excluding hydrogens is 310 g/mol. The number of H-pyrrole nitrogens is 3. The molecule has 0 aliphatic heterocycles. The van der Waals surface area contributed by atoms with Crippen LogP contribution in [0.5, 0.6) is 0 Å². The Morgan fingerprint density at radius 3 is 2.91 bits per heavy atom. The van der Waals surface area contributed by atoms with Crippen molar-refractivity contribution in [2.24, 2.45) is 5.10 Å². The summed E-state index contributed by atoms with van der Waals surface area (Å²) >= 11 is 5.26. The number of nitrogens with one attached hydrogen (secondary N) is 3. The Morgan fingerprint density at radius 2 is 2.09 bits per heavy atom. The van der Waals surface area contributed by atoms with Crippen LogP contribution in [0.1, 0.15) is 11.3 Å². The molecule has 0 unspecified atom stereocenters. The van der Waals surface area contributed by atoms with Crippen molar-refractivity contribution in [1.29, 1.82) is 0 Å². The minimum Gasteiger partial charge on any atom is -0.361 e. The van der Waals surface area contributed by atoms with Crippen LogP contribution in [-0.2, 0) is 0 Å². The van der Waals surface area contributed by atoms with E-state index in [1.165, 1.54) is 0 Å². The lowest BCUT2D eigenvalue weighted by Gasteiger charge is -1.96. The van der Waals surface area contributed by atoms with Gasteiger partial charge < -0.3 is 4.98 Å². The molecule has 8 heteroatoms. The molecule has 0 fully saturated rings. The molecule has 1 aromatic carbocycles. The van der Waals surface area contributed by atoms with Crippen molar-refractivity contribution in [3.63, 3.8) is 0 Å². The van der Waals surface area contributed by atoms with Gasteiger partial charge in [0, 0.05) is 28.4 Å². The van der Waals surface area contributed by atoms with E-state index in [2.05, 4.69) is 30.5 Å². The first-order chi connectivity index (χ1) is 11.2. The van der Waals surface area contributed by atoms with E-state index in [-0.39, 0.29) is 0 Å². The lowest BCUT2D eigenvalue weighted by molar-refractivity contribution is 0.865. The van der Waals surface area contributed by atoms with Gasteiger partial charge in [-0.25, -0.2) is 5.10 Å². The number of nitrogens with zero attached hydrogens (tertiary/aromatic N) is 4. The highest BCUT2D eigenvalue weighted by Crippen LogP contribution is 2.17. The molecule has 0 aliphatic rings. The van der Waals surface area contributed by atoms with Gasteiger partial charge in [-0.2, -0.15) is 20.0 Å². The average molecular weight is 323 g/mol. The second-order valence-electron chi connectivity index (χ2n) is 5.13. The van der Waals surface area contributed by atoms with Crippen LogP contribution in [0.15, 0.2) is 41.6 Å². The summed E-state index contributed by atoms with van der Waals surface area (Å²) in [6.45, 7) is 1.93. The van der Waals surface area contributed by atoms with Gasteiger partial charge in [0.1, 0.15) is 5.69 Å². The van der Waals surface area contributed by atoms with E-state index >= 15 is 0 Å². The summed E-state index contributed by atoms with van der Waals surface area (Å²) < 4.78 is 1.98. The summed E-state index contributed by atoms with van der Waals surface area (Å²) in [4.78, 5) is 3.22. The molecule has 0 radical (unpaired) electrons. The van der Waals surface area contributed by atoms with Crippen LogP contribution in [0, 0.1) is 11.7 Å². The number of para-hydroxylation sites is 1. The SMILES string of the molecule is Cc1cc(-c2n[nH]c(=S)n2/N=C\c2c[nH]c3ccccc23)n[nH]1. The van der Waals surface area contributed by atoms with Crippen LogP contribution in [0.2, 0.25) is 0 Å². The van der Waals surface area contributed by atoms with Gasteiger partial charge >= 0.3 is 0 Å². The van der Waals surface area contributed by atoms with Crippen LogP contribution in [-0.4, -0.2) is 36.3 Å². The van der Waals surface area contributed by atoms with Crippen LogP contribution in [0.4, 0.5) is 0 Å². The van der Waals surface area contributed by atoms with Gasteiger partial charge in [0.15, 0.2) is 0 Å². The van der Waals surface area contributed by atoms with Gasteiger partial charge in [0.05, 0.1) is 6.21 Å². The van der Waals surface area contributed by atoms with Crippen LogP contribution in [0.25, 0.3) is 22.4 Å². The Labute approximate surface area is 136 Å². The summed E-state index contributed by atoms with van der Waals surface area (Å²) in [5.74, 6) is 0.565. The molecule has 7 nitrogen and oxygen atoms in total. The van der Waals surface area contributed by atoms with Crippen molar-refractivity contribution in [3.05, 3.63) is 52.6 Å². The third-order valence-corrected chi connectivity index (χ3v) is 3.78. The lowest BCUT2D eigenvalue weighted by atomic mass is 10.2. The van der Waals surface area contributed by atoms with Crippen molar-refractivity contribution >= 4 is 29.3 Å². The largest absolute Gasteiger partial charge is 0.361 e. The Hall–Kier alpha value is -3.00. The van der Waals surface area contributed by atoms with Gasteiger partial charge in [0.2, 0.25) is 10.6 Å². The number of benzene rings is 1. The van der Waals surface area contributed by atoms with Crippen molar-refractivity contribution in [1.82, 2.24) is 30.1 Å². The number of hydrogen-bond acceptors (Lipinski definition) is 4. The smallest absolute Gasteiger partial charge is 0.216 e. The van der Waals surface area contributed by atoms with Gasteiger partial charge in [-0.1, -0.05) is 18.2 Å². The monoisotopic (exact) mass is 323 g/mol. The van der Waals surface area contributed by atoms with Crippen LogP contribution < -0.4 is 0 Å². The van der Waals surface area contributed by atoms with Crippen molar-refractivity contribution < 1.29 is 0 Å². The standard InChI is InChI=1S/C15H13N7S/c1-9-6-13(19-18-9)14-20-21-15(23)22(14)17-8-10-7-16-12-5-3-2-4-11(10)12/h2-8,16H,1H3,(H,18,19)(H,21,23)/b17-8-. The zero-order valence-electron chi connectivity index (χ0n) is 12.2. The number of aryl methyl sites for hydroxylation is 1. The lowest BCUT2D eigenvalue weighted by Crippen LogP contribution is -1.95. The zero-order valence-corrected chi connectivity index (χ0v) is 13.1. The molecule has 0 aliphatic carbocycles. The molecule has 3 heterocycles. The van der Waals surface area contributed by atoms with E-state index in [1.807, 2.05) is 43.5 Å². The topological polar surface area (TPSA) is 90.4 Å². The quantitative estimate of drug-likeness (QED) is 0.400. The maximum absolute atomic E-state index is 5.26. The highest BCUT2D eigenvalue weighted by Gasteiger charge is 2.11. The molecule has 4 rings (SSSR count). The Bertz CT molecular complexity index is 1060. The Kier molecular flexibility index (Phi) is 3.16. The van der Waals surface area contributed by atoms with Gasteiger partial charge in [-0.3, -0.25) is 5.10 Å². The Morgan fingerprint density at radius 1 is 1.22 bits per heavy atom. The maximum atomic E-state index is 5.26. The van der Waals surface area contributed by atoms with Gasteiger partial charge in [-0.05, 0) is 31.3 Å². The van der Waals surface area contributed by atoms with E-state index in [1.54, 1.807) is 10.9 Å². The van der Waals surface area contributed by atoms with Crippen LogP contribution in [0.3, 0.4) is 0 Å². The Balaban J connectivity index is 1.77. The van der Waals surface area contributed by atoms with Gasteiger partial charge in [-0.15, -0.1) is 0 Å². The fraction of sp³-hybridized carbons (Fsp3) is 0.0667. The number of hydrogen-bond donors (Lipinski definition) is 3. The molecule has 3 N–H and O–H groups in total. The van der Waals surface area contributed by atoms with E-state index in [0.29, 0.717) is 16.3 Å².